The fraction of sp³-hybridized carbons (Fsp3) is 0.379. The Hall–Kier alpha value is -4.03. The standard InChI is InChI=1S/C29H26F6N6O4S2/c30-28(31,32)19-5-9-21(10-6-19)47(43,44)41-12-11-40(27-39-25-23(46-27)15-36-24(38-25)13-17-1-2-17)16-22(41)26(42)37-14-18-3-7-20(8-4-18)45-29(33,34)35/h3-10,15,17,22H,1-2,11-14,16H2,(H,37,42)/t22-/m1/s1. The Kier molecular flexibility index (Phi) is 8.77. The molecule has 1 aliphatic heterocycles. The third-order valence-electron chi connectivity index (χ3n) is 7.67. The molecule has 0 bridgehead atoms. The third-order valence-corrected chi connectivity index (χ3v) is 10.6. The van der Waals surface area contributed by atoms with E-state index in [0.717, 1.165) is 47.8 Å². The Morgan fingerprint density at radius 2 is 1.68 bits per heavy atom. The molecule has 2 fully saturated rings. The Morgan fingerprint density at radius 1 is 0.979 bits per heavy atom. The summed E-state index contributed by atoms with van der Waals surface area (Å²) < 4.78 is 110. The van der Waals surface area contributed by atoms with Gasteiger partial charge in [0.15, 0.2) is 10.8 Å². The van der Waals surface area contributed by atoms with Crippen LogP contribution < -0.4 is 15.0 Å². The zero-order valence-corrected chi connectivity index (χ0v) is 25.9. The van der Waals surface area contributed by atoms with Gasteiger partial charge in [-0.1, -0.05) is 23.5 Å². The maximum Gasteiger partial charge on any atom is 0.573 e. The summed E-state index contributed by atoms with van der Waals surface area (Å²) in [5.74, 6) is 0.0631. The summed E-state index contributed by atoms with van der Waals surface area (Å²) in [6.07, 6.45) is -4.85. The predicted octanol–water partition coefficient (Wildman–Crippen LogP) is 5.15. The molecule has 250 valence electrons. The van der Waals surface area contributed by atoms with Crippen molar-refractivity contribution < 1.29 is 44.3 Å². The molecule has 4 aromatic rings. The molecule has 6 rings (SSSR count). The van der Waals surface area contributed by atoms with Crippen LogP contribution in [0.25, 0.3) is 10.3 Å². The molecule has 1 N–H and O–H groups in total. The average Bonchev–Trinajstić information content (AvgIpc) is 3.73. The lowest BCUT2D eigenvalue weighted by molar-refractivity contribution is -0.274. The predicted molar refractivity (Wildman–Crippen MR) is 158 cm³/mol. The number of rotatable bonds is 9. The molecule has 3 heterocycles. The Balaban J connectivity index is 1.24. The molecule has 2 aromatic carbocycles. The van der Waals surface area contributed by atoms with Crippen molar-refractivity contribution in [2.45, 2.75) is 49.3 Å². The van der Waals surface area contributed by atoms with Crippen LogP contribution in [0.2, 0.25) is 0 Å². The second-order valence-corrected chi connectivity index (χ2v) is 14.0. The van der Waals surface area contributed by atoms with Crippen LogP contribution in [-0.2, 0) is 34.0 Å². The van der Waals surface area contributed by atoms with Crippen LogP contribution in [-0.4, -0.2) is 65.6 Å². The normalized spacial score (nSPS) is 18.0. The van der Waals surface area contributed by atoms with Crippen molar-refractivity contribution in [3.05, 3.63) is 71.7 Å². The molecule has 2 aromatic heterocycles. The fourth-order valence-corrected chi connectivity index (χ4v) is 7.57. The molecule has 1 amide bonds. The van der Waals surface area contributed by atoms with Crippen LogP contribution in [0, 0.1) is 5.92 Å². The molecule has 47 heavy (non-hydrogen) atoms. The first-order chi connectivity index (χ1) is 22.2. The van der Waals surface area contributed by atoms with E-state index in [9.17, 15) is 39.6 Å². The second-order valence-electron chi connectivity index (χ2n) is 11.1. The van der Waals surface area contributed by atoms with E-state index in [0.29, 0.717) is 44.9 Å². The van der Waals surface area contributed by atoms with Crippen molar-refractivity contribution in [1.29, 1.82) is 0 Å². The molecular weight excluding hydrogens is 674 g/mol. The van der Waals surface area contributed by atoms with Crippen molar-refractivity contribution >= 4 is 42.7 Å². The van der Waals surface area contributed by atoms with Crippen molar-refractivity contribution in [2.75, 3.05) is 24.5 Å². The number of carbonyl (C=O) groups is 1. The summed E-state index contributed by atoms with van der Waals surface area (Å²) in [5.41, 5.74) is -0.139. The van der Waals surface area contributed by atoms with E-state index >= 15 is 0 Å². The third kappa shape index (κ3) is 7.76. The van der Waals surface area contributed by atoms with Gasteiger partial charge < -0.3 is 15.0 Å². The Bertz CT molecular complexity index is 1860. The summed E-state index contributed by atoms with van der Waals surface area (Å²) in [4.78, 5) is 28.5. The lowest BCUT2D eigenvalue weighted by Gasteiger charge is -2.39. The van der Waals surface area contributed by atoms with Gasteiger partial charge >= 0.3 is 12.5 Å². The SMILES string of the molecule is O=C(NCc1ccc(OC(F)(F)F)cc1)[C@H]1CN(c2nc3nc(CC4CC4)ncc3s2)CCN1S(=O)(=O)c1ccc(C(F)(F)F)cc1. The van der Waals surface area contributed by atoms with Gasteiger partial charge in [0.2, 0.25) is 15.9 Å². The minimum absolute atomic E-state index is 0.118. The zero-order chi connectivity index (χ0) is 33.6. The molecule has 0 unspecified atom stereocenters. The number of alkyl halides is 6. The van der Waals surface area contributed by atoms with Crippen molar-refractivity contribution in [1.82, 2.24) is 24.6 Å². The van der Waals surface area contributed by atoms with Crippen molar-refractivity contribution in [3.63, 3.8) is 0 Å². The number of ether oxygens (including phenoxy) is 1. The minimum atomic E-state index is -4.88. The quantitative estimate of drug-likeness (QED) is 0.239. The largest absolute Gasteiger partial charge is 0.573 e. The topological polar surface area (TPSA) is 118 Å². The molecule has 10 nitrogen and oxygen atoms in total. The van der Waals surface area contributed by atoms with Crippen LogP contribution in [0.3, 0.4) is 0 Å². The lowest BCUT2D eigenvalue weighted by Crippen LogP contribution is -2.60. The maximum atomic E-state index is 13.7. The van der Waals surface area contributed by atoms with E-state index in [4.69, 9.17) is 0 Å². The van der Waals surface area contributed by atoms with Gasteiger partial charge in [0.05, 0.1) is 21.4 Å². The first-order valence-electron chi connectivity index (χ1n) is 14.3. The number of thiazole rings is 1. The van der Waals surface area contributed by atoms with Gasteiger partial charge in [0.1, 0.15) is 17.6 Å². The van der Waals surface area contributed by atoms with Gasteiger partial charge in [-0.15, -0.1) is 13.2 Å². The average molecular weight is 701 g/mol. The summed E-state index contributed by atoms with van der Waals surface area (Å²) in [6.45, 7) is -0.380. The molecule has 0 spiro atoms. The molecule has 1 saturated heterocycles. The first kappa shape index (κ1) is 32.9. The van der Waals surface area contributed by atoms with Crippen molar-refractivity contribution in [3.8, 4) is 5.75 Å². The molecule has 1 aliphatic carbocycles. The van der Waals surface area contributed by atoms with Gasteiger partial charge in [0, 0.05) is 32.6 Å². The highest BCUT2D eigenvalue weighted by Crippen LogP contribution is 2.35. The molecule has 18 heteroatoms. The van der Waals surface area contributed by atoms with Crippen LogP contribution in [0.5, 0.6) is 5.75 Å². The maximum absolute atomic E-state index is 13.7. The van der Waals surface area contributed by atoms with Crippen LogP contribution >= 0.6 is 11.3 Å². The lowest BCUT2D eigenvalue weighted by atomic mass is 10.1. The summed E-state index contributed by atoms with van der Waals surface area (Å²) >= 11 is 1.28. The molecule has 0 radical (unpaired) electrons. The second kappa shape index (κ2) is 12.5. The van der Waals surface area contributed by atoms with Gasteiger partial charge in [-0.25, -0.2) is 18.4 Å². The molecule has 1 saturated carbocycles. The number of carbonyl (C=O) groups excluding carboxylic acids is 1. The smallest absolute Gasteiger partial charge is 0.406 e. The Labute approximate surface area is 268 Å². The summed E-state index contributed by atoms with van der Waals surface area (Å²) in [7, 11) is -4.45. The molecular formula is C29H26F6N6O4S2. The molecule has 2 aliphatic rings. The number of benzene rings is 2. The van der Waals surface area contributed by atoms with Crippen LogP contribution in [0.4, 0.5) is 31.5 Å². The first-order valence-corrected chi connectivity index (χ1v) is 16.6. The monoisotopic (exact) mass is 700 g/mol. The summed E-state index contributed by atoms with van der Waals surface area (Å²) in [5, 5.41) is 3.11. The van der Waals surface area contributed by atoms with Gasteiger partial charge in [0.25, 0.3) is 0 Å². The summed E-state index contributed by atoms with van der Waals surface area (Å²) in [6, 6.07) is 6.43. The number of piperazine rings is 1. The highest BCUT2D eigenvalue weighted by molar-refractivity contribution is 7.89. The van der Waals surface area contributed by atoms with Gasteiger partial charge in [-0.2, -0.15) is 22.5 Å². The van der Waals surface area contributed by atoms with E-state index < -0.39 is 50.7 Å². The number of hydrogen-bond donors (Lipinski definition) is 1. The molecule has 1 atom stereocenters. The van der Waals surface area contributed by atoms with E-state index in [1.165, 1.54) is 23.5 Å². The zero-order valence-electron chi connectivity index (χ0n) is 24.3. The number of sulfonamides is 1. The number of halogens is 6. The number of anilines is 1. The number of nitrogens with one attached hydrogen (secondary N) is 1. The van der Waals surface area contributed by atoms with Crippen molar-refractivity contribution in [2.24, 2.45) is 5.92 Å². The minimum Gasteiger partial charge on any atom is -0.406 e. The van der Waals surface area contributed by atoms with Crippen LogP contribution in [0.1, 0.15) is 29.8 Å². The number of hydrogen-bond acceptors (Lipinski definition) is 9. The van der Waals surface area contributed by atoms with E-state index in [1.54, 1.807) is 11.1 Å². The van der Waals surface area contributed by atoms with E-state index in [-0.39, 0.29) is 26.2 Å². The van der Waals surface area contributed by atoms with Gasteiger partial charge in [-0.3, -0.25) is 4.79 Å². The fourth-order valence-electron chi connectivity index (χ4n) is 5.08. The number of nitrogens with zero attached hydrogens (tertiary/aromatic N) is 5. The number of aromatic nitrogens is 3. The van der Waals surface area contributed by atoms with E-state index in [1.807, 2.05) is 0 Å². The number of amides is 1. The number of fused-ring (bicyclic) bond motifs is 1. The van der Waals surface area contributed by atoms with E-state index in [2.05, 4.69) is 25.0 Å². The highest BCUT2D eigenvalue weighted by atomic mass is 32.2. The Morgan fingerprint density at radius 3 is 2.32 bits per heavy atom. The van der Waals surface area contributed by atoms with Gasteiger partial charge in [-0.05, 0) is 60.7 Å². The van der Waals surface area contributed by atoms with Crippen LogP contribution in [0.15, 0.2) is 59.6 Å². The highest BCUT2D eigenvalue weighted by Gasteiger charge is 2.41.